The van der Waals surface area contributed by atoms with E-state index >= 15 is 0 Å². The Morgan fingerprint density at radius 3 is 2.71 bits per heavy atom. The summed E-state index contributed by atoms with van der Waals surface area (Å²) >= 11 is 12.2. The molecule has 0 fully saturated rings. The van der Waals surface area contributed by atoms with Crippen molar-refractivity contribution in [3.8, 4) is 11.3 Å². The maximum atomic E-state index is 13.5. The molecule has 2 N–H and O–H groups in total. The van der Waals surface area contributed by atoms with Gasteiger partial charge in [0.25, 0.3) is 5.91 Å². The summed E-state index contributed by atoms with van der Waals surface area (Å²) in [7, 11) is 0. The average molecular weight is 458 g/mol. The third-order valence-electron chi connectivity index (χ3n) is 4.87. The number of nitrogens with zero attached hydrogens (tertiary/aromatic N) is 3. The maximum Gasteiger partial charge on any atom is 0.273 e. The van der Waals surface area contributed by atoms with E-state index in [0.717, 1.165) is 11.3 Å². The van der Waals surface area contributed by atoms with Gasteiger partial charge in [-0.3, -0.25) is 14.6 Å². The van der Waals surface area contributed by atoms with Crippen molar-refractivity contribution in [2.45, 2.75) is 20.4 Å². The average Bonchev–Trinajstić information content (AvgIpc) is 3.29. The number of carbonyl (C=O) groups excluding carboxylic acids is 1. The van der Waals surface area contributed by atoms with E-state index in [1.807, 2.05) is 13.0 Å². The summed E-state index contributed by atoms with van der Waals surface area (Å²) in [5, 5.41) is 15.2. The summed E-state index contributed by atoms with van der Waals surface area (Å²) in [4.78, 5) is 12.8. The van der Waals surface area contributed by atoms with Crippen LogP contribution in [0.3, 0.4) is 0 Å². The first-order valence-electron chi connectivity index (χ1n) is 9.42. The molecule has 0 radical (unpaired) electrons. The molecule has 158 valence electrons. The SMILES string of the molecule is Cc1nn(Cc2cccc(F)c2)c(C)c1NC(=O)c1cc(-c2ccc(Cl)cc2Cl)n[nH]1. The minimum atomic E-state index is -0.361. The van der Waals surface area contributed by atoms with Gasteiger partial charge in [-0.05, 0) is 55.8 Å². The van der Waals surface area contributed by atoms with Crippen LogP contribution in [0.15, 0.2) is 48.5 Å². The molecule has 2 aromatic carbocycles. The zero-order valence-electron chi connectivity index (χ0n) is 16.7. The van der Waals surface area contributed by atoms with Gasteiger partial charge < -0.3 is 5.32 Å². The van der Waals surface area contributed by atoms with Crippen LogP contribution in [0.1, 0.15) is 27.4 Å². The number of hydrogen-bond acceptors (Lipinski definition) is 3. The number of aromatic nitrogens is 4. The molecule has 1 amide bonds. The summed E-state index contributed by atoms with van der Waals surface area (Å²) in [5.74, 6) is -0.663. The molecule has 4 aromatic rings. The van der Waals surface area contributed by atoms with E-state index < -0.39 is 0 Å². The quantitative estimate of drug-likeness (QED) is 0.407. The Bertz CT molecular complexity index is 1280. The largest absolute Gasteiger partial charge is 0.318 e. The Hall–Kier alpha value is -3.16. The number of halogens is 3. The third kappa shape index (κ3) is 4.47. The second-order valence-electron chi connectivity index (χ2n) is 7.08. The lowest BCUT2D eigenvalue weighted by Gasteiger charge is -2.07. The lowest BCUT2D eigenvalue weighted by molar-refractivity contribution is 0.102. The molecule has 31 heavy (non-hydrogen) atoms. The zero-order valence-corrected chi connectivity index (χ0v) is 18.2. The van der Waals surface area contributed by atoms with Gasteiger partial charge in [0.15, 0.2) is 0 Å². The smallest absolute Gasteiger partial charge is 0.273 e. The van der Waals surface area contributed by atoms with Crippen LogP contribution in [-0.2, 0) is 6.54 Å². The number of aromatic amines is 1. The number of rotatable bonds is 5. The van der Waals surface area contributed by atoms with Gasteiger partial charge in [-0.1, -0.05) is 35.3 Å². The van der Waals surface area contributed by atoms with Crippen molar-refractivity contribution < 1.29 is 9.18 Å². The van der Waals surface area contributed by atoms with Gasteiger partial charge in [-0.25, -0.2) is 4.39 Å². The van der Waals surface area contributed by atoms with Crippen molar-refractivity contribution in [1.29, 1.82) is 0 Å². The van der Waals surface area contributed by atoms with E-state index in [-0.39, 0.29) is 17.4 Å². The molecule has 6 nitrogen and oxygen atoms in total. The third-order valence-corrected chi connectivity index (χ3v) is 5.42. The van der Waals surface area contributed by atoms with Crippen molar-refractivity contribution >= 4 is 34.8 Å². The minimum Gasteiger partial charge on any atom is -0.318 e. The molecular weight excluding hydrogens is 440 g/mol. The highest BCUT2D eigenvalue weighted by molar-refractivity contribution is 6.36. The van der Waals surface area contributed by atoms with Crippen LogP contribution >= 0.6 is 23.2 Å². The monoisotopic (exact) mass is 457 g/mol. The Labute approximate surface area is 188 Å². The highest BCUT2D eigenvalue weighted by atomic mass is 35.5. The highest BCUT2D eigenvalue weighted by Gasteiger charge is 2.18. The van der Waals surface area contributed by atoms with Gasteiger partial charge in [-0.15, -0.1) is 0 Å². The van der Waals surface area contributed by atoms with Gasteiger partial charge in [0, 0.05) is 10.6 Å². The van der Waals surface area contributed by atoms with Crippen LogP contribution in [0.4, 0.5) is 10.1 Å². The molecule has 0 bridgehead atoms. The number of benzene rings is 2. The van der Waals surface area contributed by atoms with E-state index in [9.17, 15) is 9.18 Å². The fourth-order valence-corrected chi connectivity index (χ4v) is 3.80. The predicted octanol–water partition coefficient (Wildman–Crippen LogP) is 5.64. The molecule has 0 spiro atoms. The van der Waals surface area contributed by atoms with Crippen LogP contribution in [0, 0.1) is 19.7 Å². The van der Waals surface area contributed by atoms with Crippen molar-refractivity contribution in [3.05, 3.63) is 87.0 Å². The summed E-state index contributed by atoms with van der Waals surface area (Å²) < 4.78 is 15.2. The normalized spacial score (nSPS) is 11.0. The molecule has 0 unspecified atom stereocenters. The van der Waals surface area contributed by atoms with Crippen molar-refractivity contribution in [2.75, 3.05) is 5.32 Å². The predicted molar refractivity (Wildman–Crippen MR) is 119 cm³/mol. The van der Waals surface area contributed by atoms with Crippen LogP contribution < -0.4 is 5.32 Å². The Morgan fingerprint density at radius 2 is 1.97 bits per heavy atom. The molecule has 4 rings (SSSR count). The topological polar surface area (TPSA) is 75.6 Å². The number of hydrogen-bond donors (Lipinski definition) is 2. The summed E-state index contributed by atoms with van der Waals surface area (Å²) in [6.45, 7) is 4.04. The van der Waals surface area contributed by atoms with Gasteiger partial charge in [0.2, 0.25) is 0 Å². The molecular formula is C22H18Cl2FN5O. The number of aryl methyl sites for hydroxylation is 1. The van der Waals surface area contributed by atoms with Crippen LogP contribution in [0.25, 0.3) is 11.3 Å². The summed E-state index contributed by atoms with van der Waals surface area (Å²) in [5.41, 5.74) is 4.26. The highest BCUT2D eigenvalue weighted by Crippen LogP contribution is 2.29. The van der Waals surface area contributed by atoms with Gasteiger partial charge in [0.1, 0.15) is 11.5 Å². The van der Waals surface area contributed by atoms with Crippen LogP contribution in [0.2, 0.25) is 10.0 Å². The summed E-state index contributed by atoms with van der Waals surface area (Å²) in [6, 6.07) is 13.0. The lowest BCUT2D eigenvalue weighted by atomic mass is 10.1. The van der Waals surface area contributed by atoms with E-state index in [2.05, 4.69) is 20.6 Å². The molecule has 9 heteroatoms. The molecule has 0 saturated heterocycles. The molecule has 2 aromatic heterocycles. The first-order chi connectivity index (χ1) is 14.8. The van der Waals surface area contributed by atoms with E-state index in [0.29, 0.717) is 39.2 Å². The van der Waals surface area contributed by atoms with Crippen molar-refractivity contribution in [2.24, 2.45) is 0 Å². The number of amides is 1. The lowest BCUT2D eigenvalue weighted by Crippen LogP contribution is -2.14. The Balaban J connectivity index is 1.54. The first kappa shape index (κ1) is 21.1. The fraction of sp³-hybridized carbons (Fsp3) is 0.136. The number of carbonyl (C=O) groups is 1. The molecule has 0 atom stereocenters. The second kappa shape index (κ2) is 8.53. The molecule has 0 aliphatic carbocycles. The van der Waals surface area contributed by atoms with Crippen LogP contribution in [-0.4, -0.2) is 25.9 Å². The van der Waals surface area contributed by atoms with E-state index in [4.69, 9.17) is 23.2 Å². The molecule has 0 aliphatic heterocycles. The minimum absolute atomic E-state index is 0.276. The van der Waals surface area contributed by atoms with Crippen LogP contribution in [0.5, 0.6) is 0 Å². The van der Waals surface area contributed by atoms with Crippen molar-refractivity contribution in [1.82, 2.24) is 20.0 Å². The summed E-state index contributed by atoms with van der Waals surface area (Å²) in [6.07, 6.45) is 0. The van der Waals surface area contributed by atoms with Gasteiger partial charge >= 0.3 is 0 Å². The molecule has 0 aliphatic rings. The molecule has 0 saturated carbocycles. The van der Waals surface area contributed by atoms with E-state index in [1.54, 1.807) is 41.9 Å². The Morgan fingerprint density at radius 1 is 1.16 bits per heavy atom. The number of nitrogens with one attached hydrogen (secondary N) is 2. The van der Waals surface area contributed by atoms with Crippen molar-refractivity contribution in [3.63, 3.8) is 0 Å². The number of H-pyrrole nitrogens is 1. The van der Waals surface area contributed by atoms with Gasteiger partial charge in [-0.2, -0.15) is 10.2 Å². The fourth-order valence-electron chi connectivity index (χ4n) is 3.29. The number of anilines is 1. The van der Waals surface area contributed by atoms with Gasteiger partial charge in [0.05, 0.1) is 34.3 Å². The second-order valence-corrected chi connectivity index (χ2v) is 7.92. The van der Waals surface area contributed by atoms with E-state index in [1.165, 1.54) is 12.1 Å². The first-order valence-corrected chi connectivity index (χ1v) is 10.2. The maximum absolute atomic E-state index is 13.5. The molecule has 2 heterocycles. The zero-order chi connectivity index (χ0) is 22.1. The Kier molecular flexibility index (Phi) is 5.80. The standard InChI is InChI=1S/C22H18Cl2FN5O/c1-12-21(13(2)30(29-12)11-14-4-3-5-16(25)8-14)26-22(31)20-10-19(27-28-20)17-7-6-15(23)9-18(17)24/h3-10H,11H2,1-2H3,(H,26,31)(H,27,28).